The number of halogens is 1. The number of nitrogens with zero attached hydrogens (tertiary/aromatic N) is 1. The molecule has 0 aliphatic heterocycles. The highest BCUT2D eigenvalue weighted by Crippen LogP contribution is 2.26. The van der Waals surface area contributed by atoms with Crippen LogP contribution in [0.15, 0.2) is 48.5 Å². The van der Waals surface area contributed by atoms with E-state index in [0.717, 1.165) is 27.2 Å². The minimum atomic E-state index is 0.545. The predicted molar refractivity (Wildman–Crippen MR) is 82.4 cm³/mol. The van der Waals surface area contributed by atoms with Gasteiger partial charge < -0.3 is 10.5 Å². The first-order chi connectivity index (χ1) is 9.61. The number of rotatable bonds is 2. The Morgan fingerprint density at radius 3 is 2.70 bits per heavy atom. The number of hydrogen-bond donors (Lipinski definition) is 1. The molecule has 4 heteroatoms. The number of aromatic nitrogens is 1. The molecule has 1 aromatic heterocycles. The number of aryl methyl sites for hydroxylation is 1. The second-order valence-electron chi connectivity index (χ2n) is 4.61. The molecule has 0 saturated carbocycles. The fourth-order valence-electron chi connectivity index (χ4n) is 1.98. The average Bonchev–Trinajstić information content (AvgIpc) is 2.43. The molecule has 0 spiro atoms. The lowest BCUT2D eigenvalue weighted by Gasteiger charge is -2.07. The van der Waals surface area contributed by atoms with Crippen LogP contribution >= 0.6 is 11.6 Å². The molecule has 0 bridgehead atoms. The topological polar surface area (TPSA) is 48.1 Å². The minimum absolute atomic E-state index is 0.545. The molecular weight excluding hydrogens is 272 g/mol. The zero-order valence-corrected chi connectivity index (χ0v) is 11.7. The molecule has 0 radical (unpaired) electrons. The number of hydrogen-bond acceptors (Lipinski definition) is 3. The van der Waals surface area contributed by atoms with E-state index in [2.05, 4.69) is 4.98 Å². The largest absolute Gasteiger partial charge is 0.439 e. The van der Waals surface area contributed by atoms with Crippen molar-refractivity contribution >= 4 is 28.2 Å². The number of ether oxygens (including phenoxy) is 1. The van der Waals surface area contributed by atoms with E-state index in [1.807, 2.05) is 55.5 Å². The van der Waals surface area contributed by atoms with Gasteiger partial charge >= 0.3 is 0 Å². The molecule has 1 heterocycles. The molecule has 0 fully saturated rings. The number of pyridine rings is 1. The van der Waals surface area contributed by atoms with Crippen LogP contribution in [0.5, 0.6) is 11.6 Å². The molecule has 0 atom stereocenters. The molecule has 0 saturated heterocycles. The van der Waals surface area contributed by atoms with E-state index in [-0.39, 0.29) is 0 Å². The van der Waals surface area contributed by atoms with Crippen molar-refractivity contribution in [1.29, 1.82) is 0 Å². The molecule has 100 valence electrons. The van der Waals surface area contributed by atoms with Crippen molar-refractivity contribution in [3.63, 3.8) is 0 Å². The van der Waals surface area contributed by atoms with E-state index in [0.29, 0.717) is 11.6 Å². The number of nitrogens with two attached hydrogens (primary N) is 1. The van der Waals surface area contributed by atoms with Gasteiger partial charge in [0, 0.05) is 22.2 Å². The number of benzene rings is 2. The van der Waals surface area contributed by atoms with E-state index >= 15 is 0 Å². The van der Waals surface area contributed by atoms with Crippen molar-refractivity contribution in [3.05, 3.63) is 59.1 Å². The van der Waals surface area contributed by atoms with Crippen molar-refractivity contribution in [2.45, 2.75) is 6.92 Å². The first-order valence-electron chi connectivity index (χ1n) is 6.22. The summed E-state index contributed by atoms with van der Waals surface area (Å²) in [6.07, 6.45) is 0. The summed E-state index contributed by atoms with van der Waals surface area (Å²) in [4.78, 5) is 4.45. The van der Waals surface area contributed by atoms with Gasteiger partial charge in [0.2, 0.25) is 5.88 Å². The summed E-state index contributed by atoms with van der Waals surface area (Å²) in [5.41, 5.74) is 8.29. The van der Waals surface area contributed by atoms with Gasteiger partial charge in [0.1, 0.15) is 5.75 Å². The van der Waals surface area contributed by atoms with Gasteiger partial charge in [-0.2, -0.15) is 0 Å². The molecule has 3 nitrogen and oxygen atoms in total. The number of fused-ring (bicyclic) bond motifs is 1. The fourth-order valence-corrected chi connectivity index (χ4v) is 2.10. The van der Waals surface area contributed by atoms with Gasteiger partial charge in [-0.15, -0.1) is 0 Å². The lowest BCUT2D eigenvalue weighted by Crippen LogP contribution is -1.90. The molecule has 3 rings (SSSR count). The zero-order chi connectivity index (χ0) is 14.1. The minimum Gasteiger partial charge on any atom is -0.439 e. The maximum absolute atomic E-state index is 5.99. The Kier molecular flexibility index (Phi) is 3.20. The monoisotopic (exact) mass is 284 g/mol. The summed E-state index contributed by atoms with van der Waals surface area (Å²) >= 11 is 5.99. The lowest BCUT2D eigenvalue weighted by atomic mass is 10.2. The van der Waals surface area contributed by atoms with Gasteiger partial charge in [0.25, 0.3) is 0 Å². The third-order valence-electron chi connectivity index (χ3n) is 3.04. The molecular formula is C16H13ClN2O. The quantitative estimate of drug-likeness (QED) is 0.701. The third-order valence-corrected chi connectivity index (χ3v) is 3.46. The van der Waals surface area contributed by atoms with E-state index < -0.39 is 0 Å². The predicted octanol–water partition coefficient (Wildman–Crippen LogP) is 4.57. The molecule has 3 aromatic rings. The average molecular weight is 285 g/mol. The Hall–Kier alpha value is -2.26. The Morgan fingerprint density at radius 1 is 1.05 bits per heavy atom. The van der Waals surface area contributed by atoms with Crippen molar-refractivity contribution in [2.75, 3.05) is 5.73 Å². The molecule has 0 amide bonds. The van der Waals surface area contributed by atoms with Crippen LogP contribution in [0.3, 0.4) is 0 Å². The first-order valence-corrected chi connectivity index (χ1v) is 6.60. The van der Waals surface area contributed by atoms with Crippen LogP contribution in [0.1, 0.15) is 5.56 Å². The standard InChI is InChI=1S/C16H13ClN2O/c1-10-8-13(4-5-14(10)17)20-16-7-2-11-9-12(18)3-6-15(11)19-16/h2-9H,18H2,1H3. The van der Waals surface area contributed by atoms with Crippen molar-refractivity contribution < 1.29 is 4.74 Å². The smallest absolute Gasteiger partial charge is 0.219 e. The molecule has 0 aliphatic carbocycles. The number of anilines is 1. The maximum atomic E-state index is 5.99. The SMILES string of the molecule is Cc1cc(Oc2ccc3cc(N)ccc3n2)ccc1Cl. The normalized spacial score (nSPS) is 10.7. The fraction of sp³-hybridized carbons (Fsp3) is 0.0625. The van der Waals surface area contributed by atoms with Crippen LogP contribution < -0.4 is 10.5 Å². The Labute approximate surface area is 122 Å². The van der Waals surface area contributed by atoms with Gasteiger partial charge in [-0.1, -0.05) is 11.6 Å². The number of nitrogen functional groups attached to an aromatic ring is 1. The van der Waals surface area contributed by atoms with Gasteiger partial charge in [-0.05, 0) is 55.0 Å². The van der Waals surface area contributed by atoms with E-state index in [1.165, 1.54) is 0 Å². The van der Waals surface area contributed by atoms with Gasteiger partial charge in [0.05, 0.1) is 5.52 Å². The molecule has 0 unspecified atom stereocenters. The second-order valence-corrected chi connectivity index (χ2v) is 5.02. The first kappa shape index (κ1) is 12.8. The van der Waals surface area contributed by atoms with Gasteiger partial charge in [-0.3, -0.25) is 0 Å². The third kappa shape index (κ3) is 2.53. The van der Waals surface area contributed by atoms with Crippen molar-refractivity contribution in [1.82, 2.24) is 4.98 Å². The highest BCUT2D eigenvalue weighted by atomic mass is 35.5. The molecule has 0 aliphatic rings. The highest BCUT2D eigenvalue weighted by Gasteiger charge is 2.03. The second kappa shape index (κ2) is 5.02. The summed E-state index contributed by atoms with van der Waals surface area (Å²) in [5, 5.41) is 1.71. The lowest BCUT2D eigenvalue weighted by molar-refractivity contribution is 0.465. The molecule has 20 heavy (non-hydrogen) atoms. The van der Waals surface area contributed by atoms with Gasteiger partial charge in [0.15, 0.2) is 0 Å². The van der Waals surface area contributed by atoms with Crippen LogP contribution in [-0.4, -0.2) is 4.98 Å². The Bertz CT molecular complexity index is 787. The highest BCUT2D eigenvalue weighted by molar-refractivity contribution is 6.31. The van der Waals surface area contributed by atoms with Crippen LogP contribution in [0.25, 0.3) is 10.9 Å². The van der Waals surface area contributed by atoms with E-state index in [4.69, 9.17) is 22.1 Å². The van der Waals surface area contributed by atoms with E-state index in [1.54, 1.807) is 0 Å². The Morgan fingerprint density at radius 2 is 1.90 bits per heavy atom. The Balaban J connectivity index is 1.94. The molecule has 2 N–H and O–H groups in total. The summed E-state index contributed by atoms with van der Waals surface area (Å²) in [6, 6.07) is 14.9. The van der Waals surface area contributed by atoms with E-state index in [9.17, 15) is 0 Å². The summed E-state index contributed by atoms with van der Waals surface area (Å²) in [7, 11) is 0. The van der Waals surface area contributed by atoms with Crippen molar-refractivity contribution in [3.8, 4) is 11.6 Å². The summed E-state index contributed by atoms with van der Waals surface area (Å²) < 4.78 is 5.75. The van der Waals surface area contributed by atoms with Crippen LogP contribution in [0, 0.1) is 6.92 Å². The van der Waals surface area contributed by atoms with Crippen LogP contribution in [0.4, 0.5) is 5.69 Å². The van der Waals surface area contributed by atoms with Crippen molar-refractivity contribution in [2.24, 2.45) is 0 Å². The molecule has 2 aromatic carbocycles. The van der Waals surface area contributed by atoms with Crippen LogP contribution in [-0.2, 0) is 0 Å². The zero-order valence-electron chi connectivity index (χ0n) is 10.9. The van der Waals surface area contributed by atoms with Crippen LogP contribution in [0.2, 0.25) is 5.02 Å². The summed E-state index contributed by atoms with van der Waals surface area (Å²) in [6.45, 7) is 1.94. The maximum Gasteiger partial charge on any atom is 0.219 e. The van der Waals surface area contributed by atoms with Gasteiger partial charge in [-0.25, -0.2) is 4.98 Å². The summed E-state index contributed by atoms with van der Waals surface area (Å²) in [5.74, 6) is 1.26.